The summed E-state index contributed by atoms with van der Waals surface area (Å²) in [6.07, 6.45) is 1.27. The van der Waals surface area contributed by atoms with Crippen molar-refractivity contribution in [2.75, 3.05) is 0 Å². The van der Waals surface area contributed by atoms with E-state index in [1.165, 1.54) is 30.5 Å². The molecule has 2 aromatic rings. The van der Waals surface area contributed by atoms with Crippen LogP contribution in [0.1, 0.15) is 17.3 Å². The molecule has 0 aliphatic rings. The molecule has 0 fully saturated rings. The number of rotatable bonds is 4. The van der Waals surface area contributed by atoms with Gasteiger partial charge >= 0.3 is 5.97 Å². The van der Waals surface area contributed by atoms with Crippen molar-refractivity contribution < 1.29 is 14.8 Å². The third kappa shape index (κ3) is 2.64. The molecule has 0 atom stereocenters. The number of carbonyl (C=O) groups is 1. The van der Waals surface area contributed by atoms with Crippen LogP contribution in [0.2, 0.25) is 0 Å². The third-order valence-electron chi connectivity index (χ3n) is 2.95. The number of aromatic carboxylic acids is 1. The lowest BCUT2D eigenvalue weighted by atomic mass is 10.0. The standard InChI is InChI=1S/C13H11N3O5/c1-2-15-12(17)11(13(18)19)10(7-14-15)8-3-5-9(6-4-8)16(20)21/h3-7H,2H2,1H3,(H,18,19). The molecule has 8 nitrogen and oxygen atoms in total. The Bertz CT molecular complexity index is 764. The van der Waals surface area contributed by atoms with E-state index in [0.717, 1.165) is 4.68 Å². The Balaban J connectivity index is 2.63. The lowest BCUT2D eigenvalue weighted by molar-refractivity contribution is -0.384. The number of aryl methyl sites for hydroxylation is 1. The second-order valence-electron chi connectivity index (χ2n) is 4.16. The maximum absolute atomic E-state index is 12.0. The van der Waals surface area contributed by atoms with Gasteiger partial charge in [0.15, 0.2) is 0 Å². The highest BCUT2D eigenvalue weighted by molar-refractivity contribution is 5.95. The van der Waals surface area contributed by atoms with Crippen molar-refractivity contribution in [2.24, 2.45) is 0 Å². The second kappa shape index (κ2) is 5.53. The van der Waals surface area contributed by atoms with Gasteiger partial charge in [0.05, 0.1) is 11.1 Å². The van der Waals surface area contributed by atoms with E-state index in [-0.39, 0.29) is 17.8 Å². The van der Waals surface area contributed by atoms with Crippen molar-refractivity contribution >= 4 is 11.7 Å². The molecule has 0 aliphatic heterocycles. The SMILES string of the molecule is CCn1ncc(-c2ccc([N+](=O)[O-])cc2)c(C(=O)O)c1=O. The highest BCUT2D eigenvalue weighted by atomic mass is 16.6. The molecule has 8 heteroatoms. The first kappa shape index (κ1) is 14.4. The van der Waals surface area contributed by atoms with Crippen molar-refractivity contribution in [3.8, 4) is 11.1 Å². The van der Waals surface area contributed by atoms with Crippen LogP contribution in [0.5, 0.6) is 0 Å². The summed E-state index contributed by atoms with van der Waals surface area (Å²) in [6.45, 7) is 1.92. The Kier molecular flexibility index (Phi) is 3.79. The number of hydrogen-bond donors (Lipinski definition) is 1. The Morgan fingerprint density at radius 1 is 1.38 bits per heavy atom. The highest BCUT2D eigenvalue weighted by Crippen LogP contribution is 2.23. The van der Waals surface area contributed by atoms with Crippen molar-refractivity contribution in [1.82, 2.24) is 9.78 Å². The van der Waals surface area contributed by atoms with Gasteiger partial charge in [-0.1, -0.05) is 0 Å². The number of nitro benzene ring substituents is 1. The average molecular weight is 289 g/mol. The summed E-state index contributed by atoms with van der Waals surface area (Å²) >= 11 is 0. The number of non-ortho nitro benzene ring substituents is 1. The molecule has 0 bridgehead atoms. The Labute approximate surface area is 118 Å². The average Bonchev–Trinajstić information content (AvgIpc) is 2.46. The van der Waals surface area contributed by atoms with Crippen molar-refractivity contribution in [3.05, 3.63) is 56.5 Å². The van der Waals surface area contributed by atoms with E-state index in [4.69, 9.17) is 0 Å². The molecule has 0 unspecified atom stereocenters. The van der Waals surface area contributed by atoms with Crippen LogP contribution in [0, 0.1) is 10.1 Å². The number of hydrogen-bond acceptors (Lipinski definition) is 5. The number of nitro groups is 1. The number of benzene rings is 1. The monoisotopic (exact) mass is 289 g/mol. The Hall–Kier alpha value is -3.03. The van der Waals surface area contributed by atoms with Gasteiger partial charge in [-0.3, -0.25) is 14.9 Å². The lowest BCUT2D eigenvalue weighted by Crippen LogP contribution is -2.28. The van der Waals surface area contributed by atoms with E-state index in [0.29, 0.717) is 5.56 Å². The van der Waals surface area contributed by atoms with Crippen molar-refractivity contribution in [3.63, 3.8) is 0 Å². The second-order valence-corrected chi connectivity index (χ2v) is 4.16. The van der Waals surface area contributed by atoms with Crippen LogP contribution in [-0.2, 0) is 6.54 Å². The van der Waals surface area contributed by atoms with Crippen molar-refractivity contribution in [2.45, 2.75) is 13.5 Å². The van der Waals surface area contributed by atoms with E-state index in [2.05, 4.69) is 5.10 Å². The Morgan fingerprint density at radius 2 is 2.00 bits per heavy atom. The highest BCUT2D eigenvalue weighted by Gasteiger charge is 2.19. The minimum Gasteiger partial charge on any atom is -0.477 e. The van der Waals surface area contributed by atoms with Crippen LogP contribution in [0.15, 0.2) is 35.3 Å². The van der Waals surface area contributed by atoms with Crippen LogP contribution in [0.25, 0.3) is 11.1 Å². The predicted molar refractivity (Wildman–Crippen MR) is 73.2 cm³/mol. The molecule has 1 heterocycles. The summed E-state index contributed by atoms with van der Waals surface area (Å²) < 4.78 is 1.04. The fraction of sp³-hybridized carbons (Fsp3) is 0.154. The van der Waals surface area contributed by atoms with Gasteiger partial charge in [-0.15, -0.1) is 0 Å². The molecule has 0 amide bonds. The van der Waals surface area contributed by atoms with Gasteiger partial charge < -0.3 is 5.11 Å². The first-order chi connectivity index (χ1) is 9.95. The molecule has 0 spiro atoms. The zero-order valence-electron chi connectivity index (χ0n) is 11.0. The van der Waals surface area contributed by atoms with Gasteiger partial charge in [-0.2, -0.15) is 5.10 Å². The molecule has 1 aromatic heterocycles. The summed E-state index contributed by atoms with van der Waals surface area (Å²) in [7, 11) is 0. The quantitative estimate of drug-likeness (QED) is 0.674. The molecule has 21 heavy (non-hydrogen) atoms. The number of carboxylic acid groups (broad SMARTS) is 1. The molecule has 0 saturated heterocycles. The lowest BCUT2D eigenvalue weighted by Gasteiger charge is -2.08. The molecule has 2 rings (SSSR count). The summed E-state index contributed by atoms with van der Waals surface area (Å²) in [5.74, 6) is -1.36. The van der Waals surface area contributed by atoms with Crippen LogP contribution >= 0.6 is 0 Å². The van der Waals surface area contributed by atoms with E-state index >= 15 is 0 Å². The fourth-order valence-electron chi connectivity index (χ4n) is 1.90. The van der Waals surface area contributed by atoms with Gasteiger partial charge in [0.1, 0.15) is 5.56 Å². The zero-order chi connectivity index (χ0) is 15.6. The van der Waals surface area contributed by atoms with Gasteiger partial charge in [0.2, 0.25) is 0 Å². The van der Waals surface area contributed by atoms with Crippen molar-refractivity contribution in [1.29, 1.82) is 0 Å². The smallest absolute Gasteiger partial charge is 0.342 e. The molecular weight excluding hydrogens is 278 g/mol. The van der Waals surface area contributed by atoms with Gasteiger partial charge in [-0.25, -0.2) is 9.48 Å². The topological polar surface area (TPSA) is 115 Å². The van der Waals surface area contributed by atoms with Crippen LogP contribution in [-0.4, -0.2) is 25.8 Å². The predicted octanol–water partition coefficient (Wildman–Crippen LogP) is 1.54. The first-order valence-corrected chi connectivity index (χ1v) is 6.04. The van der Waals surface area contributed by atoms with Crippen LogP contribution in [0.3, 0.4) is 0 Å². The van der Waals surface area contributed by atoms with Crippen LogP contribution < -0.4 is 5.56 Å². The van der Waals surface area contributed by atoms with Crippen LogP contribution in [0.4, 0.5) is 5.69 Å². The number of nitrogens with zero attached hydrogens (tertiary/aromatic N) is 3. The fourth-order valence-corrected chi connectivity index (χ4v) is 1.90. The summed E-state index contributed by atoms with van der Waals surface area (Å²) in [5, 5.41) is 23.7. The molecule has 0 saturated carbocycles. The summed E-state index contributed by atoms with van der Waals surface area (Å²) in [4.78, 5) is 33.4. The number of carboxylic acids is 1. The maximum atomic E-state index is 12.0. The molecule has 108 valence electrons. The minimum absolute atomic E-state index is 0.120. The largest absolute Gasteiger partial charge is 0.477 e. The summed E-state index contributed by atoms with van der Waals surface area (Å²) in [5.41, 5.74) is -0.718. The Morgan fingerprint density at radius 3 is 2.48 bits per heavy atom. The van der Waals surface area contributed by atoms with Gasteiger partial charge in [0.25, 0.3) is 11.2 Å². The minimum atomic E-state index is -1.36. The van der Waals surface area contributed by atoms with E-state index in [1.54, 1.807) is 6.92 Å². The van der Waals surface area contributed by atoms with E-state index in [9.17, 15) is 24.8 Å². The van der Waals surface area contributed by atoms with E-state index in [1.807, 2.05) is 0 Å². The maximum Gasteiger partial charge on any atom is 0.342 e. The number of aromatic nitrogens is 2. The van der Waals surface area contributed by atoms with Gasteiger partial charge in [0, 0.05) is 24.2 Å². The molecule has 1 aromatic carbocycles. The molecule has 1 N–H and O–H groups in total. The molecule has 0 aliphatic carbocycles. The third-order valence-corrected chi connectivity index (χ3v) is 2.95. The normalized spacial score (nSPS) is 10.3. The van der Waals surface area contributed by atoms with Gasteiger partial charge in [-0.05, 0) is 24.6 Å². The molecular formula is C13H11N3O5. The zero-order valence-corrected chi connectivity index (χ0v) is 11.0. The van der Waals surface area contributed by atoms with E-state index < -0.39 is 22.0 Å². The first-order valence-electron chi connectivity index (χ1n) is 6.04. The summed E-state index contributed by atoms with van der Waals surface area (Å²) in [6, 6.07) is 5.26. The molecule has 0 radical (unpaired) electrons.